The Kier molecular flexibility index (Phi) is 6.95. The molecule has 0 bridgehead atoms. The molecule has 7 rings (SSSR count). The van der Waals surface area contributed by atoms with E-state index in [-0.39, 0.29) is 36.5 Å². The molecule has 3 aromatic carbocycles. The molecule has 2 fully saturated rings. The second-order valence-electron chi connectivity index (χ2n) is 11.3. The van der Waals surface area contributed by atoms with Crippen LogP contribution in [-0.2, 0) is 22.6 Å². The topological polar surface area (TPSA) is 59.7 Å². The molecule has 4 aromatic rings. The highest BCUT2D eigenvalue weighted by molar-refractivity contribution is 6.36. The van der Waals surface area contributed by atoms with Gasteiger partial charge in [-0.2, -0.15) is 0 Å². The van der Waals surface area contributed by atoms with Crippen molar-refractivity contribution >= 4 is 45.9 Å². The molecule has 4 heterocycles. The quantitative estimate of drug-likeness (QED) is 0.304. The molecular weight excluding hydrogens is 581 g/mol. The number of aromatic nitrogens is 1. The lowest BCUT2D eigenvalue weighted by molar-refractivity contribution is -0.161. The zero-order valence-corrected chi connectivity index (χ0v) is 24.1. The fourth-order valence-corrected chi connectivity index (χ4v) is 7.57. The van der Waals surface area contributed by atoms with E-state index in [0.29, 0.717) is 48.0 Å². The summed E-state index contributed by atoms with van der Waals surface area (Å²) in [6.45, 7) is 1.25. The van der Waals surface area contributed by atoms with Gasteiger partial charge in [0.05, 0.1) is 0 Å². The number of fused-ring (bicyclic) bond motifs is 4. The van der Waals surface area contributed by atoms with Crippen LogP contribution in [-0.4, -0.2) is 63.2 Å². The number of amides is 2. The minimum absolute atomic E-state index is 0.0456. The number of hydrogen-bond acceptors (Lipinski definition) is 3. The van der Waals surface area contributed by atoms with Gasteiger partial charge >= 0.3 is 0 Å². The van der Waals surface area contributed by atoms with Crippen LogP contribution in [0.3, 0.4) is 0 Å². The summed E-state index contributed by atoms with van der Waals surface area (Å²) in [5.74, 6) is -1.38. The van der Waals surface area contributed by atoms with Gasteiger partial charge in [0.2, 0.25) is 11.8 Å². The number of nitrogens with zero attached hydrogens (tertiary/aromatic N) is 3. The zero-order valence-electron chi connectivity index (χ0n) is 22.6. The van der Waals surface area contributed by atoms with Crippen LogP contribution in [0, 0.1) is 11.6 Å². The molecule has 10 heteroatoms. The third kappa shape index (κ3) is 4.48. The lowest BCUT2D eigenvalue weighted by Gasteiger charge is -2.50. The number of halogens is 4. The first-order valence-corrected chi connectivity index (χ1v) is 14.9. The first-order valence-electron chi connectivity index (χ1n) is 14.1. The van der Waals surface area contributed by atoms with E-state index in [4.69, 9.17) is 23.2 Å². The number of piperazine rings is 1. The number of likely N-dealkylation sites (tertiary alicyclic amines) is 1. The van der Waals surface area contributed by atoms with E-state index in [1.54, 1.807) is 28.0 Å². The average Bonchev–Trinajstić information content (AvgIpc) is 3.35. The normalized spacial score (nSPS) is 21.6. The number of rotatable bonds is 4. The molecule has 2 atom stereocenters. The first kappa shape index (κ1) is 27.4. The lowest BCUT2D eigenvalue weighted by atomic mass is 9.85. The summed E-state index contributed by atoms with van der Waals surface area (Å²) in [4.78, 5) is 37.1. The number of H-pyrrole nitrogens is 1. The molecule has 42 heavy (non-hydrogen) atoms. The maximum absolute atomic E-state index is 14.2. The average molecular weight is 610 g/mol. The Bertz CT molecular complexity index is 1680. The van der Waals surface area contributed by atoms with Gasteiger partial charge in [-0.1, -0.05) is 53.5 Å². The standard InChI is InChI=1S/C32H28Cl2F2N4O2/c33-22-6-3-7-23(34)29(22)31-30-20(19-5-1-2-10-26(19)37-30)15-27-32(42)39(17-28(41)40(27)31)18-11-13-38(14-12-18)16-21-24(35)8-4-9-25(21)36/h1-10,18,27,31,37H,11-17H2/t27-,31-/m1/s1. The van der Waals surface area contributed by atoms with Gasteiger partial charge in [0.15, 0.2) is 0 Å². The van der Waals surface area contributed by atoms with Crippen molar-refractivity contribution in [1.82, 2.24) is 19.7 Å². The molecule has 1 aromatic heterocycles. The van der Waals surface area contributed by atoms with Crippen molar-refractivity contribution in [2.45, 2.75) is 43.9 Å². The highest BCUT2D eigenvalue weighted by Crippen LogP contribution is 2.46. The molecule has 6 nitrogen and oxygen atoms in total. The SMILES string of the molecule is O=C1[C@H]2Cc3c([nH]c4ccccc34)[C@@H](c3c(Cl)cccc3Cl)N2C(=O)CN1C1CCN(Cc2c(F)cccc2F)CC1. The van der Waals surface area contributed by atoms with Crippen LogP contribution in [0.25, 0.3) is 10.9 Å². The van der Waals surface area contributed by atoms with Gasteiger partial charge in [-0.25, -0.2) is 8.78 Å². The van der Waals surface area contributed by atoms with E-state index < -0.39 is 23.7 Å². The smallest absolute Gasteiger partial charge is 0.246 e. The Morgan fingerprint density at radius 2 is 1.55 bits per heavy atom. The first-order chi connectivity index (χ1) is 20.3. The fraction of sp³-hybridized carbons (Fsp3) is 0.312. The van der Waals surface area contributed by atoms with E-state index in [1.807, 2.05) is 29.2 Å². The van der Waals surface area contributed by atoms with Crippen LogP contribution >= 0.6 is 23.2 Å². The molecule has 3 aliphatic rings. The minimum Gasteiger partial charge on any atom is -0.356 e. The van der Waals surface area contributed by atoms with E-state index >= 15 is 0 Å². The second-order valence-corrected chi connectivity index (χ2v) is 12.1. The number of aromatic amines is 1. The Morgan fingerprint density at radius 3 is 2.26 bits per heavy atom. The Morgan fingerprint density at radius 1 is 0.881 bits per heavy atom. The summed E-state index contributed by atoms with van der Waals surface area (Å²) >= 11 is 13.4. The number of hydrogen-bond donors (Lipinski definition) is 1. The largest absolute Gasteiger partial charge is 0.356 e. The summed E-state index contributed by atoms with van der Waals surface area (Å²) < 4.78 is 28.5. The van der Waals surface area contributed by atoms with Crippen molar-refractivity contribution in [3.8, 4) is 0 Å². The molecule has 0 unspecified atom stereocenters. The fourth-order valence-electron chi connectivity index (χ4n) is 6.97. The predicted molar refractivity (Wildman–Crippen MR) is 157 cm³/mol. The van der Waals surface area contributed by atoms with Crippen molar-refractivity contribution in [2.75, 3.05) is 19.6 Å². The Labute approximate surface area is 251 Å². The number of para-hydroxylation sites is 1. The van der Waals surface area contributed by atoms with Crippen LogP contribution < -0.4 is 0 Å². The van der Waals surface area contributed by atoms with Crippen LogP contribution in [0.2, 0.25) is 10.0 Å². The van der Waals surface area contributed by atoms with E-state index in [0.717, 1.165) is 22.2 Å². The van der Waals surface area contributed by atoms with E-state index in [1.165, 1.54) is 18.2 Å². The van der Waals surface area contributed by atoms with Gasteiger partial charge in [-0.3, -0.25) is 14.5 Å². The van der Waals surface area contributed by atoms with Gasteiger partial charge < -0.3 is 14.8 Å². The van der Waals surface area contributed by atoms with Crippen molar-refractivity contribution in [1.29, 1.82) is 0 Å². The summed E-state index contributed by atoms with van der Waals surface area (Å²) in [5.41, 5.74) is 3.38. The molecule has 0 saturated carbocycles. The van der Waals surface area contributed by atoms with Gasteiger partial charge in [0.25, 0.3) is 0 Å². The zero-order chi connectivity index (χ0) is 29.1. The molecule has 3 aliphatic heterocycles. The summed E-state index contributed by atoms with van der Waals surface area (Å²) in [7, 11) is 0. The van der Waals surface area contributed by atoms with Gasteiger partial charge in [-0.15, -0.1) is 0 Å². The highest BCUT2D eigenvalue weighted by atomic mass is 35.5. The monoisotopic (exact) mass is 608 g/mol. The van der Waals surface area contributed by atoms with Crippen molar-refractivity contribution < 1.29 is 18.4 Å². The molecule has 0 aliphatic carbocycles. The molecule has 0 spiro atoms. The maximum atomic E-state index is 14.2. The third-order valence-electron chi connectivity index (χ3n) is 9.01. The van der Waals surface area contributed by atoms with Crippen molar-refractivity contribution in [3.05, 3.63) is 105 Å². The van der Waals surface area contributed by atoms with E-state index in [9.17, 15) is 18.4 Å². The molecule has 2 saturated heterocycles. The Hall–Kier alpha value is -3.46. The Balaban J connectivity index is 1.19. The van der Waals surface area contributed by atoms with Gasteiger partial charge in [0.1, 0.15) is 30.3 Å². The second kappa shape index (κ2) is 10.7. The summed E-state index contributed by atoms with van der Waals surface area (Å²) in [6.07, 6.45) is 1.60. The van der Waals surface area contributed by atoms with Crippen LogP contribution in [0.4, 0.5) is 8.78 Å². The lowest BCUT2D eigenvalue weighted by Crippen LogP contribution is -2.65. The number of piperidine rings is 1. The molecule has 1 N–H and O–H groups in total. The molecular formula is C32H28Cl2F2N4O2. The van der Waals surface area contributed by atoms with Crippen LogP contribution in [0.5, 0.6) is 0 Å². The predicted octanol–water partition coefficient (Wildman–Crippen LogP) is 6.10. The maximum Gasteiger partial charge on any atom is 0.246 e. The molecule has 216 valence electrons. The van der Waals surface area contributed by atoms with Crippen LogP contribution in [0.1, 0.15) is 41.3 Å². The third-order valence-corrected chi connectivity index (χ3v) is 9.67. The number of carbonyl (C=O) groups is 2. The molecule has 0 radical (unpaired) electrons. The number of nitrogens with one attached hydrogen (secondary N) is 1. The van der Waals surface area contributed by atoms with Crippen molar-refractivity contribution in [3.63, 3.8) is 0 Å². The van der Waals surface area contributed by atoms with E-state index in [2.05, 4.69) is 4.98 Å². The summed E-state index contributed by atoms with van der Waals surface area (Å²) in [6, 6.07) is 15.6. The number of benzene rings is 3. The van der Waals surface area contributed by atoms with Crippen molar-refractivity contribution in [2.24, 2.45) is 0 Å². The summed E-state index contributed by atoms with van der Waals surface area (Å²) in [5, 5.41) is 1.87. The number of carbonyl (C=O) groups excluding carboxylic acids is 2. The van der Waals surface area contributed by atoms with Crippen LogP contribution in [0.15, 0.2) is 60.7 Å². The minimum atomic E-state index is -0.708. The van der Waals surface area contributed by atoms with Gasteiger partial charge in [0, 0.05) is 69.9 Å². The van der Waals surface area contributed by atoms with Gasteiger partial charge in [-0.05, 0) is 48.7 Å². The highest BCUT2D eigenvalue weighted by Gasteiger charge is 2.50. The molecule has 2 amide bonds.